The lowest BCUT2D eigenvalue weighted by atomic mass is 9.95. The molecule has 3 nitrogen and oxygen atoms in total. The SMILES string of the molecule is CCCC/C=C\CCCCCC[C@H]1C(=O)O[C@H](C)[C@H]1O. The van der Waals surface area contributed by atoms with Gasteiger partial charge < -0.3 is 9.84 Å². The minimum atomic E-state index is -0.607. The zero-order valence-corrected chi connectivity index (χ0v) is 13.0. The van der Waals surface area contributed by atoms with E-state index < -0.39 is 6.10 Å². The summed E-state index contributed by atoms with van der Waals surface area (Å²) in [5, 5.41) is 9.82. The summed E-state index contributed by atoms with van der Waals surface area (Å²) in [7, 11) is 0. The van der Waals surface area contributed by atoms with Gasteiger partial charge in [-0.1, -0.05) is 51.2 Å². The average Bonchev–Trinajstić information content (AvgIpc) is 2.67. The van der Waals surface area contributed by atoms with Crippen molar-refractivity contribution >= 4 is 5.97 Å². The third-order valence-electron chi connectivity index (χ3n) is 4.02. The van der Waals surface area contributed by atoms with Crippen molar-refractivity contribution in [2.45, 2.75) is 83.8 Å². The number of aliphatic hydroxyl groups excluding tert-OH is 1. The van der Waals surface area contributed by atoms with Crippen LogP contribution in [0, 0.1) is 5.92 Å². The van der Waals surface area contributed by atoms with E-state index in [0.29, 0.717) is 0 Å². The van der Waals surface area contributed by atoms with Gasteiger partial charge in [-0.3, -0.25) is 4.79 Å². The molecule has 3 atom stereocenters. The van der Waals surface area contributed by atoms with Crippen molar-refractivity contribution < 1.29 is 14.6 Å². The smallest absolute Gasteiger partial charge is 0.312 e. The minimum absolute atomic E-state index is 0.219. The van der Waals surface area contributed by atoms with E-state index in [9.17, 15) is 9.90 Å². The van der Waals surface area contributed by atoms with Gasteiger partial charge in [0.05, 0.1) is 5.92 Å². The second-order valence-corrected chi connectivity index (χ2v) is 5.84. The summed E-state index contributed by atoms with van der Waals surface area (Å²) in [5.41, 5.74) is 0. The van der Waals surface area contributed by atoms with Gasteiger partial charge in [-0.05, 0) is 32.6 Å². The molecule has 1 rings (SSSR count). The lowest BCUT2D eigenvalue weighted by Gasteiger charge is -2.11. The molecular formula is C17H30O3. The quantitative estimate of drug-likeness (QED) is 0.374. The predicted molar refractivity (Wildman–Crippen MR) is 81.4 cm³/mol. The van der Waals surface area contributed by atoms with Crippen LogP contribution < -0.4 is 0 Å². The third-order valence-corrected chi connectivity index (χ3v) is 4.02. The zero-order valence-electron chi connectivity index (χ0n) is 13.0. The summed E-state index contributed by atoms with van der Waals surface area (Å²) < 4.78 is 5.03. The minimum Gasteiger partial charge on any atom is -0.460 e. The zero-order chi connectivity index (χ0) is 14.8. The molecule has 0 unspecified atom stereocenters. The third kappa shape index (κ3) is 6.08. The Morgan fingerprint density at radius 1 is 1.10 bits per heavy atom. The molecule has 0 amide bonds. The molecule has 0 bridgehead atoms. The molecule has 0 radical (unpaired) electrons. The summed E-state index contributed by atoms with van der Waals surface area (Å²) in [5.74, 6) is -0.511. The van der Waals surface area contributed by atoms with E-state index in [-0.39, 0.29) is 18.0 Å². The molecule has 0 aromatic rings. The van der Waals surface area contributed by atoms with Crippen molar-refractivity contribution in [1.82, 2.24) is 0 Å². The molecule has 1 aliphatic heterocycles. The Hall–Kier alpha value is -0.830. The van der Waals surface area contributed by atoms with Gasteiger partial charge in [0.1, 0.15) is 12.2 Å². The maximum absolute atomic E-state index is 11.5. The Labute approximate surface area is 123 Å². The van der Waals surface area contributed by atoms with Gasteiger partial charge >= 0.3 is 5.97 Å². The van der Waals surface area contributed by atoms with Gasteiger partial charge in [0.25, 0.3) is 0 Å². The monoisotopic (exact) mass is 282 g/mol. The molecule has 0 aromatic heterocycles. The van der Waals surface area contributed by atoms with Crippen LogP contribution in [-0.4, -0.2) is 23.3 Å². The molecular weight excluding hydrogens is 252 g/mol. The lowest BCUT2D eigenvalue weighted by Crippen LogP contribution is -2.24. The van der Waals surface area contributed by atoms with Crippen molar-refractivity contribution in [3.05, 3.63) is 12.2 Å². The highest BCUT2D eigenvalue weighted by Gasteiger charge is 2.40. The van der Waals surface area contributed by atoms with Crippen LogP contribution in [0.2, 0.25) is 0 Å². The number of unbranched alkanes of at least 4 members (excludes halogenated alkanes) is 6. The molecule has 20 heavy (non-hydrogen) atoms. The van der Waals surface area contributed by atoms with Crippen LogP contribution in [0.1, 0.15) is 71.6 Å². The van der Waals surface area contributed by atoms with Crippen molar-refractivity contribution in [3.63, 3.8) is 0 Å². The topological polar surface area (TPSA) is 46.5 Å². The Morgan fingerprint density at radius 2 is 1.75 bits per heavy atom. The number of carbonyl (C=O) groups excluding carboxylic acids is 1. The number of allylic oxidation sites excluding steroid dienone is 2. The number of rotatable bonds is 10. The van der Waals surface area contributed by atoms with Crippen LogP contribution in [0.15, 0.2) is 12.2 Å². The molecule has 1 saturated heterocycles. The number of hydrogen-bond donors (Lipinski definition) is 1. The summed E-state index contributed by atoms with van der Waals surface area (Å²) in [4.78, 5) is 11.5. The van der Waals surface area contributed by atoms with Gasteiger partial charge in [0.2, 0.25) is 0 Å². The van der Waals surface area contributed by atoms with Gasteiger partial charge in [-0.25, -0.2) is 0 Å². The first-order valence-electron chi connectivity index (χ1n) is 8.20. The van der Waals surface area contributed by atoms with E-state index in [4.69, 9.17) is 4.74 Å². The Kier molecular flexibility index (Phi) is 8.59. The van der Waals surface area contributed by atoms with E-state index in [1.807, 2.05) is 0 Å². The summed E-state index contributed by atoms with van der Waals surface area (Å²) in [6.07, 6.45) is 13.9. The fraction of sp³-hybridized carbons (Fsp3) is 0.824. The number of aliphatic hydroxyl groups is 1. The maximum atomic E-state index is 11.5. The molecule has 0 aliphatic carbocycles. The standard InChI is InChI=1S/C17H30O3/c1-3-4-5-6-7-8-9-10-11-12-13-15-16(18)14(2)20-17(15)19/h6-7,14-16,18H,3-5,8-13H2,1-2H3/b7-6-/t14-,15-,16-/m1/s1. The normalized spacial score (nSPS) is 26.4. The second kappa shape index (κ2) is 9.98. The van der Waals surface area contributed by atoms with Gasteiger partial charge in [0, 0.05) is 0 Å². The largest absolute Gasteiger partial charge is 0.460 e. The Bertz CT molecular complexity index is 299. The number of ether oxygens (including phenoxy) is 1. The van der Waals surface area contributed by atoms with E-state index in [1.165, 1.54) is 32.1 Å². The highest BCUT2D eigenvalue weighted by atomic mass is 16.6. The number of cyclic esters (lactones) is 1. The molecule has 1 fully saturated rings. The summed E-state index contributed by atoms with van der Waals surface area (Å²) >= 11 is 0. The first-order chi connectivity index (χ1) is 9.66. The molecule has 0 saturated carbocycles. The Balaban J connectivity index is 1.97. The van der Waals surface area contributed by atoms with Crippen LogP contribution >= 0.6 is 0 Å². The molecule has 1 heterocycles. The maximum Gasteiger partial charge on any atom is 0.312 e. The highest BCUT2D eigenvalue weighted by molar-refractivity contribution is 5.75. The van der Waals surface area contributed by atoms with Crippen molar-refractivity contribution in [2.75, 3.05) is 0 Å². The first-order valence-corrected chi connectivity index (χ1v) is 8.20. The van der Waals surface area contributed by atoms with Gasteiger partial charge in [-0.2, -0.15) is 0 Å². The van der Waals surface area contributed by atoms with E-state index in [2.05, 4.69) is 19.1 Å². The number of hydrogen-bond acceptors (Lipinski definition) is 3. The number of esters is 1. The predicted octanol–water partition coefficient (Wildman–Crippen LogP) is 4.00. The van der Waals surface area contributed by atoms with Crippen LogP contribution in [-0.2, 0) is 9.53 Å². The van der Waals surface area contributed by atoms with Crippen LogP contribution in [0.3, 0.4) is 0 Å². The van der Waals surface area contributed by atoms with Crippen molar-refractivity contribution in [3.8, 4) is 0 Å². The van der Waals surface area contributed by atoms with Gasteiger partial charge in [0.15, 0.2) is 0 Å². The summed E-state index contributed by atoms with van der Waals surface area (Å²) in [6.45, 7) is 3.97. The molecule has 0 spiro atoms. The molecule has 3 heteroatoms. The van der Waals surface area contributed by atoms with E-state index in [1.54, 1.807) is 6.92 Å². The average molecular weight is 282 g/mol. The number of carbonyl (C=O) groups is 1. The van der Waals surface area contributed by atoms with Crippen LogP contribution in [0.25, 0.3) is 0 Å². The Morgan fingerprint density at radius 3 is 2.35 bits per heavy atom. The van der Waals surface area contributed by atoms with Crippen molar-refractivity contribution in [2.24, 2.45) is 5.92 Å². The highest BCUT2D eigenvalue weighted by Crippen LogP contribution is 2.26. The van der Waals surface area contributed by atoms with Crippen LogP contribution in [0.4, 0.5) is 0 Å². The lowest BCUT2D eigenvalue weighted by molar-refractivity contribution is -0.143. The summed E-state index contributed by atoms with van der Waals surface area (Å²) in [6, 6.07) is 0. The molecule has 116 valence electrons. The van der Waals surface area contributed by atoms with Crippen LogP contribution in [0.5, 0.6) is 0 Å². The molecule has 1 aliphatic rings. The van der Waals surface area contributed by atoms with Gasteiger partial charge in [-0.15, -0.1) is 0 Å². The molecule has 0 aromatic carbocycles. The van der Waals surface area contributed by atoms with E-state index in [0.717, 1.165) is 25.7 Å². The fourth-order valence-electron chi connectivity index (χ4n) is 2.63. The first kappa shape index (κ1) is 17.2. The van der Waals surface area contributed by atoms with E-state index >= 15 is 0 Å². The van der Waals surface area contributed by atoms with Crippen molar-refractivity contribution in [1.29, 1.82) is 0 Å². The second-order valence-electron chi connectivity index (χ2n) is 5.84. The fourth-order valence-corrected chi connectivity index (χ4v) is 2.63. The molecule has 1 N–H and O–H groups in total.